The second-order valence-electron chi connectivity index (χ2n) is 14.8. The van der Waals surface area contributed by atoms with E-state index in [4.69, 9.17) is 0 Å². The molecule has 0 radical (unpaired) electrons. The van der Waals surface area contributed by atoms with Crippen LogP contribution >= 0.6 is 0 Å². The van der Waals surface area contributed by atoms with Gasteiger partial charge in [0.2, 0.25) is 11.6 Å². The van der Waals surface area contributed by atoms with Crippen LogP contribution in [0, 0.1) is 104 Å². The van der Waals surface area contributed by atoms with Crippen LogP contribution in [0.2, 0.25) is 0 Å². The molecule has 0 nitrogen and oxygen atoms in total. The second kappa shape index (κ2) is 9.65. The van der Waals surface area contributed by atoms with E-state index in [1.807, 2.05) is 0 Å². The molecule has 0 saturated heterocycles. The van der Waals surface area contributed by atoms with Gasteiger partial charge >= 0.3 is 0 Å². The Hall–Kier alpha value is -2.70. The highest BCUT2D eigenvalue weighted by atomic mass is 19.2. The molecule has 6 fully saturated rings. The maximum absolute atomic E-state index is 15.4. The van der Waals surface area contributed by atoms with E-state index < -0.39 is 91.0 Å². The minimum Gasteiger partial charge on any atom is -0.203 e. The van der Waals surface area contributed by atoms with Crippen molar-refractivity contribution < 1.29 is 43.9 Å². The third-order valence-corrected chi connectivity index (χ3v) is 12.2. The molecule has 10 heteroatoms. The lowest BCUT2D eigenvalue weighted by atomic mass is 9.35. The molecule has 2 aromatic carbocycles. The van der Waals surface area contributed by atoms with Crippen LogP contribution in [0.3, 0.4) is 0 Å². The Kier molecular flexibility index (Phi) is 6.58. The molecule has 236 valence electrons. The smallest absolute Gasteiger partial charge is 0.200 e. The molecular weight excluding hydrogens is 598 g/mol. The van der Waals surface area contributed by atoms with E-state index in [-0.39, 0.29) is 24.2 Å². The van der Waals surface area contributed by atoms with Crippen LogP contribution in [0.5, 0.6) is 0 Å². The molecule has 6 aliphatic rings. The second-order valence-corrected chi connectivity index (χ2v) is 14.8. The van der Waals surface area contributed by atoms with Crippen LogP contribution in [-0.2, 0) is 5.41 Å². The summed E-state index contributed by atoms with van der Waals surface area (Å²) in [6.07, 6.45) is 7.09. The molecule has 5 atom stereocenters. The van der Waals surface area contributed by atoms with Crippen molar-refractivity contribution in [3.63, 3.8) is 0 Å². The standard InChI is InChI=1S/C34H30F10/c1-31(8-16-3-2-5-32(9-16,14-31)6-4-19-21(35)25(39)29(43)26(40)22(19)36)34-12-17-7-18(13-34)11-33(10-17,15-34)20-23(37)27(41)30(44)28(42)24(20)38/h16-18H,2-3,5,7-15H2,1H3/t16?,17?,18?,31?,32-,33?,34?/m1/s1. The quantitative estimate of drug-likeness (QED) is 0.134. The zero-order valence-corrected chi connectivity index (χ0v) is 24.0. The van der Waals surface area contributed by atoms with Crippen LogP contribution < -0.4 is 0 Å². The average molecular weight is 629 g/mol. The van der Waals surface area contributed by atoms with Gasteiger partial charge in [-0.3, -0.25) is 0 Å². The lowest BCUT2D eigenvalue weighted by Crippen LogP contribution is -2.62. The lowest BCUT2D eigenvalue weighted by molar-refractivity contribution is -0.173. The Bertz CT molecular complexity index is 1580. The molecule has 0 spiro atoms. The van der Waals surface area contributed by atoms with E-state index in [0.717, 1.165) is 38.5 Å². The maximum Gasteiger partial charge on any atom is 0.200 e. The van der Waals surface area contributed by atoms with E-state index in [9.17, 15) is 35.1 Å². The molecule has 6 bridgehead atoms. The Morgan fingerprint density at radius 1 is 0.568 bits per heavy atom. The predicted octanol–water partition coefficient (Wildman–Crippen LogP) is 9.94. The number of halogens is 10. The number of hydrogen-bond donors (Lipinski definition) is 0. The van der Waals surface area contributed by atoms with Crippen LogP contribution in [0.25, 0.3) is 0 Å². The summed E-state index contributed by atoms with van der Waals surface area (Å²) >= 11 is 0. The molecule has 2 aromatic rings. The number of fused-ring (bicyclic) bond motifs is 2. The Balaban J connectivity index is 1.31. The summed E-state index contributed by atoms with van der Waals surface area (Å²) in [5.41, 5.74) is -4.92. The van der Waals surface area contributed by atoms with Crippen LogP contribution in [0.1, 0.15) is 95.1 Å². The van der Waals surface area contributed by atoms with E-state index in [1.54, 1.807) is 0 Å². The van der Waals surface area contributed by atoms with Crippen molar-refractivity contribution in [3.8, 4) is 11.8 Å². The monoisotopic (exact) mass is 628 g/mol. The third kappa shape index (κ3) is 4.05. The third-order valence-electron chi connectivity index (χ3n) is 12.2. The highest BCUT2D eigenvalue weighted by Gasteiger charge is 2.66. The summed E-state index contributed by atoms with van der Waals surface area (Å²) in [6, 6.07) is 0. The van der Waals surface area contributed by atoms with Crippen molar-refractivity contribution in [1.82, 2.24) is 0 Å². The van der Waals surface area contributed by atoms with Crippen molar-refractivity contribution in [2.24, 2.45) is 34.0 Å². The zero-order chi connectivity index (χ0) is 31.6. The summed E-state index contributed by atoms with van der Waals surface area (Å²) < 4.78 is 144. The Morgan fingerprint density at radius 2 is 1.09 bits per heavy atom. The molecular formula is C34H30F10. The number of hydrogen-bond acceptors (Lipinski definition) is 0. The molecule has 6 aliphatic carbocycles. The van der Waals surface area contributed by atoms with Crippen molar-refractivity contribution in [2.45, 2.75) is 89.4 Å². The van der Waals surface area contributed by atoms with Gasteiger partial charge in [-0.15, -0.1) is 0 Å². The van der Waals surface area contributed by atoms with Gasteiger partial charge in [0.1, 0.15) is 5.56 Å². The normalized spacial score (nSPS) is 37.2. The van der Waals surface area contributed by atoms with E-state index in [0.29, 0.717) is 32.1 Å². The first-order chi connectivity index (χ1) is 20.6. The summed E-state index contributed by atoms with van der Waals surface area (Å²) in [4.78, 5) is 0. The molecule has 0 aliphatic heterocycles. The first-order valence-corrected chi connectivity index (χ1v) is 15.2. The van der Waals surface area contributed by atoms with Gasteiger partial charge in [0.05, 0.1) is 0 Å². The fourth-order valence-corrected chi connectivity index (χ4v) is 11.1. The van der Waals surface area contributed by atoms with E-state index in [1.165, 1.54) is 0 Å². The van der Waals surface area contributed by atoms with Gasteiger partial charge in [-0.1, -0.05) is 31.6 Å². The molecule has 0 aromatic heterocycles. The first kappa shape index (κ1) is 30.0. The SMILES string of the molecule is CC1(C23CC4CC(CC(c5c(F)c(F)c(F)c(F)c5F)(C4)C2)C3)CC2CCC[C@@](C#Cc3c(F)c(F)c(F)c(F)c3F)(C2)C1. The summed E-state index contributed by atoms with van der Waals surface area (Å²) in [7, 11) is 0. The molecule has 8 rings (SSSR count). The first-order valence-electron chi connectivity index (χ1n) is 15.2. The van der Waals surface area contributed by atoms with Gasteiger partial charge in [0, 0.05) is 16.4 Å². The topological polar surface area (TPSA) is 0 Å². The molecule has 0 heterocycles. The van der Waals surface area contributed by atoms with E-state index >= 15 is 8.78 Å². The fraction of sp³-hybridized carbons (Fsp3) is 0.588. The largest absolute Gasteiger partial charge is 0.203 e. The van der Waals surface area contributed by atoms with Gasteiger partial charge in [0.25, 0.3) is 0 Å². The number of benzene rings is 2. The van der Waals surface area contributed by atoms with Crippen molar-refractivity contribution in [1.29, 1.82) is 0 Å². The molecule has 0 N–H and O–H groups in total. The summed E-state index contributed by atoms with van der Waals surface area (Å²) in [5.74, 6) is -14.5. The molecule has 44 heavy (non-hydrogen) atoms. The van der Waals surface area contributed by atoms with Gasteiger partial charge < -0.3 is 0 Å². The van der Waals surface area contributed by atoms with Gasteiger partial charge in [-0.05, 0) is 92.8 Å². The predicted molar refractivity (Wildman–Crippen MR) is 140 cm³/mol. The zero-order valence-electron chi connectivity index (χ0n) is 24.0. The Morgan fingerprint density at radius 3 is 1.66 bits per heavy atom. The number of rotatable bonds is 2. The maximum atomic E-state index is 15.4. The van der Waals surface area contributed by atoms with Gasteiger partial charge in [-0.25, -0.2) is 43.9 Å². The Labute approximate surface area is 248 Å². The molecule has 4 unspecified atom stereocenters. The van der Waals surface area contributed by atoms with Crippen LogP contribution in [0.15, 0.2) is 0 Å². The van der Waals surface area contributed by atoms with Crippen LogP contribution in [0.4, 0.5) is 43.9 Å². The van der Waals surface area contributed by atoms with Crippen molar-refractivity contribution >= 4 is 0 Å². The average Bonchev–Trinajstić information content (AvgIpc) is 2.96. The highest BCUT2D eigenvalue weighted by molar-refractivity contribution is 5.41. The van der Waals surface area contributed by atoms with Gasteiger partial charge in [0.15, 0.2) is 46.5 Å². The van der Waals surface area contributed by atoms with E-state index in [2.05, 4.69) is 18.8 Å². The molecule has 6 saturated carbocycles. The van der Waals surface area contributed by atoms with Crippen molar-refractivity contribution in [2.75, 3.05) is 0 Å². The summed E-state index contributed by atoms with van der Waals surface area (Å²) in [6.45, 7) is 2.08. The minimum atomic E-state index is -2.25. The lowest BCUT2D eigenvalue weighted by Gasteiger charge is -2.69. The minimum absolute atomic E-state index is 0.0280. The van der Waals surface area contributed by atoms with Crippen molar-refractivity contribution in [3.05, 3.63) is 69.3 Å². The highest BCUT2D eigenvalue weighted by Crippen LogP contribution is 2.75. The van der Waals surface area contributed by atoms with Gasteiger partial charge in [-0.2, -0.15) is 0 Å². The summed E-state index contributed by atoms with van der Waals surface area (Å²) in [5, 5.41) is 0. The fourth-order valence-electron chi connectivity index (χ4n) is 11.1. The van der Waals surface area contributed by atoms with Crippen LogP contribution in [-0.4, -0.2) is 0 Å². The molecule has 0 amide bonds.